The Labute approximate surface area is 224 Å². The quantitative estimate of drug-likeness (QED) is 0.522. The summed E-state index contributed by atoms with van der Waals surface area (Å²) in [6.45, 7) is 2.80. The summed E-state index contributed by atoms with van der Waals surface area (Å²) in [6.07, 6.45) is 7.86. The van der Waals surface area contributed by atoms with E-state index in [2.05, 4.69) is 26.7 Å². The number of pyridine rings is 1. The van der Waals surface area contributed by atoms with Crippen LogP contribution >= 0.6 is 11.6 Å². The van der Waals surface area contributed by atoms with Crippen molar-refractivity contribution in [2.75, 3.05) is 11.4 Å². The maximum atomic E-state index is 12.9. The molecular weight excluding hydrogens is 502 g/mol. The van der Waals surface area contributed by atoms with Gasteiger partial charge in [-0.3, -0.25) is 14.5 Å². The third kappa shape index (κ3) is 3.70. The third-order valence-electron chi connectivity index (χ3n) is 8.73. The number of nitriles is 1. The third-order valence-corrected chi connectivity index (χ3v) is 8.97. The number of amides is 2. The number of carbonyl (C=O) groups excluding carboxylic acids is 2. The van der Waals surface area contributed by atoms with Gasteiger partial charge < -0.3 is 5.32 Å². The van der Waals surface area contributed by atoms with Crippen LogP contribution in [0.25, 0.3) is 0 Å². The minimum atomic E-state index is -0.361. The number of aryl methyl sites for hydroxylation is 1. The molecule has 3 saturated carbocycles. The van der Waals surface area contributed by atoms with Crippen molar-refractivity contribution in [2.45, 2.75) is 56.5 Å². The molecule has 0 unspecified atom stereocenters. The molecule has 2 atom stereocenters. The van der Waals surface area contributed by atoms with E-state index in [0.717, 1.165) is 61.2 Å². The fraction of sp³-hybridized carbons (Fsp3) is 0.429. The molecule has 1 aromatic carbocycles. The Morgan fingerprint density at radius 1 is 1.24 bits per heavy atom. The van der Waals surface area contributed by atoms with Gasteiger partial charge in [0.1, 0.15) is 5.82 Å². The number of fused-ring (bicyclic) bond motifs is 1. The average molecular weight is 528 g/mol. The molecule has 1 saturated heterocycles. The molecule has 1 aliphatic heterocycles. The van der Waals surface area contributed by atoms with Crippen LogP contribution in [0.3, 0.4) is 0 Å². The normalized spacial score (nSPS) is 26.3. The summed E-state index contributed by atoms with van der Waals surface area (Å²) in [5.74, 6) is 1.55. The van der Waals surface area contributed by atoms with E-state index in [1.165, 1.54) is 0 Å². The van der Waals surface area contributed by atoms with Crippen molar-refractivity contribution in [3.63, 3.8) is 0 Å². The number of piperidine rings is 1. The first-order chi connectivity index (χ1) is 18.4. The Bertz CT molecular complexity index is 1530. The molecule has 1 N–H and O–H groups in total. The number of hydrogen-bond donors (Lipinski definition) is 1. The number of halogens is 1. The van der Waals surface area contributed by atoms with Gasteiger partial charge in [0.25, 0.3) is 5.91 Å². The smallest absolute Gasteiger partial charge is 0.273 e. The Morgan fingerprint density at radius 2 is 2.05 bits per heavy atom. The molecule has 0 bridgehead atoms. The molecule has 0 spiro atoms. The molecule has 9 nitrogen and oxygen atoms in total. The first kappa shape index (κ1) is 23.4. The number of aromatic nitrogens is 4. The number of rotatable bonds is 6. The minimum Gasteiger partial charge on any atom is -0.348 e. The van der Waals surface area contributed by atoms with E-state index < -0.39 is 0 Å². The van der Waals surface area contributed by atoms with E-state index in [1.54, 1.807) is 23.0 Å². The van der Waals surface area contributed by atoms with Gasteiger partial charge in [0.05, 0.1) is 23.4 Å². The van der Waals surface area contributed by atoms with Crippen molar-refractivity contribution in [1.29, 1.82) is 5.26 Å². The van der Waals surface area contributed by atoms with E-state index in [4.69, 9.17) is 11.6 Å². The maximum Gasteiger partial charge on any atom is 0.273 e. The summed E-state index contributed by atoms with van der Waals surface area (Å²) in [7, 11) is 0. The molecule has 3 aliphatic carbocycles. The fourth-order valence-corrected chi connectivity index (χ4v) is 6.38. The van der Waals surface area contributed by atoms with Gasteiger partial charge in [0.2, 0.25) is 5.91 Å². The first-order valence-corrected chi connectivity index (χ1v) is 13.5. The molecule has 2 aromatic heterocycles. The van der Waals surface area contributed by atoms with Gasteiger partial charge in [-0.05, 0) is 86.3 Å². The van der Waals surface area contributed by atoms with Crippen molar-refractivity contribution in [2.24, 2.45) is 11.8 Å². The fourth-order valence-electron chi connectivity index (χ4n) is 6.20. The number of benzene rings is 1. The molecule has 2 amide bonds. The van der Waals surface area contributed by atoms with E-state index in [0.29, 0.717) is 16.5 Å². The zero-order valence-corrected chi connectivity index (χ0v) is 21.6. The zero-order chi connectivity index (χ0) is 26.2. The van der Waals surface area contributed by atoms with Gasteiger partial charge in [-0.25, -0.2) is 9.67 Å². The lowest BCUT2D eigenvalue weighted by molar-refractivity contribution is -0.118. The summed E-state index contributed by atoms with van der Waals surface area (Å²) < 4.78 is 1.79. The molecule has 4 fully saturated rings. The Balaban J connectivity index is 1.02. The lowest BCUT2D eigenvalue weighted by Crippen LogP contribution is -2.43. The predicted octanol–water partition coefficient (Wildman–Crippen LogP) is 3.70. The van der Waals surface area contributed by atoms with Crippen LogP contribution < -0.4 is 10.2 Å². The van der Waals surface area contributed by atoms with Gasteiger partial charge in [-0.15, -0.1) is 5.10 Å². The highest BCUT2D eigenvalue weighted by Crippen LogP contribution is 2.51. The molecule has 3 heterocycles. The summed E-state index contributed by atoms with van der Waals surface area (Å²) in [5.41, 5.74) is 3.59. The maximum absolute atomic E-state index is 12.9. The van der Waals surface area contributed by atoms with Gasteiger partial charge in [0, 0.05) is 35.3 Å². The van der Waals surface area contributed by atoms with Crippen LogP contribution in [0, 0.1) is 30.1 Å². The second kappa shape index (κ2) is 8.37. The second-order valence-electron chi connectivity index (χ2n) is 11.2. The molecule has 0 radical (unpaired) electrons. The summed E-state index contributed by atoms with van der Waals surface area (Å²) in [4.78, 5) is 31.9. The van der Waals surface area contributed by atoms with Crippen LogP contribution in [-0.2, 0) is 10.3 Å². The highest BCUT2D eigenvalue weighted by Gasteiger charge is 2.53. The Kier molecular flexibility index (Phi) is 5.14. The van der Waals surface area contributed by atoms with Crippen LogP contribution in [0.15, 0.2) is 36.7 Å². The molecule has 3 aromatic rings. The van der Waals surface area contributed by atoms with Crippen LogP contribution in [0.5, 0.6) is 0 Å². The number of carbonyl (C=O) groups is 2. The second-order valence-corrected chi connectivity index (χ2v) is 11.6. The Hall–Kier alpha value is -3.77. The molecule has 7 rings (SSSR count). The predicted molar refractivity (Wildman–Crippen MR) is 139 cm³/mol. The summed E-state index contributed by atoms with van der Waals surface area (Å²) >= 11 is 6.13. The van der Waals surface area contributed by atoms with Crippen molar-refractivity contribution in [3.05, 3.63) is 69.6 Å². The lowest BCUT2D eigenvalue weighted by Gasteiger charge is -2.36. The molecule has 10 heteroatoms. The van der Waals surface area contributed by atoms with E-state index in [-0.39, 0.29) is 40.9 Å². The van der Waals surface area contributed by atoms with Crippen LogP contribution in [-0.4, -0.2) is 44.4 Å². The van der Waals surface area contributed by atoms with Gasteiger partial charge in [0.15, 0.2) is 5.69 Å². The van der Waals surface area contributed by atoms with Crippen LogP contribution in [0.2, 0.25) is 5.02 Å². The SMILES string of the molecule is Cc1cc(N2C[C@H]3C[C@H]3C2=O)ncc1C1(n2cc(C(=O)N[C@H]3C[C@@H](c4cc(Cl)ccc4C#N)C3)nn2)CC1. The Morgan fingerprint density at radius 3 is 2.74 bits per heavy atom. The minimum absolute atomic E-state index is 0.0105. The van der Waals surface area contributed by atoms with E-state index in [9.17, 15) is 14.9 Å². The van der Waals surface area contributed by atoms with Gasteiger partial charge >= 0.3 is 0 Å². The molecule has 38 heavy (non-hydrogen) atoms. The highest BCUT2D eigenvalue weighted by atomic mass is 35.5. The zero-order valence-electron chi connectivity index (χ0n) is 20.9. The largest absolute Gasteiger partial charge is 0.348 e. The number of hydrogen-bond acceptors (Lipinski definition) is 6. The summed E-state index contributed by atoms with van der Waals surface area (Å²) in [6, 6.07) is 9.54. The lowest BCUT2D eigenvalue weighted by atomic mass is 9.74. The molecule has 4 aliphatic rings. The van der Waals surface area contributed by atoms with Crippen LogP contribution in [0.4, 0.5) is 5.82 Å². The van der Waals surface area contributed by atoms with Crippen molar-refractivity contribution >= 4 is 29.2 Å². The van der Waals surface area contributed by atoms with E-state index >= 15 is 0 Å². The monoisotopic (exact) mass is 527 g/mol. The van der Waals surface area contributed by atoms with Gasteiger partial charge in [-0.2, -0.15) is 5.26 Å². The van der Waals surface area contributed by atoms with Crippen molar-refractivity contribution in [1.82, 2.24) is 25.3 Å². The van der Waals surface area contributed by atoms with E-state index in [1.807, 2.05) is 30.2 Å². The molecular formula is C28H26ClN7O2. The average Bonchev–Trinajstić information content (AvgIpc) is 3.77. The number of nitrogens with one attached hydrogen (secondary N) is 1. The topological polar surface area (TPSA) is 117 Å². The van der Waals surface area contributed by atoms with Crippen molar-refractivity contribution in [3.8, 4) is 6.07 Å². The standard InChI is InChI=1S/C28H26ClN7O2/c1-15-6-25(35-13-18-9-22(18)27(35)38)31-12-23(15)28(4-5-28)36-14-24(33-34-36)26(37)32-20-7-17(8-20)21-10-19(29)3-2-16(21)11-30/h2-3,6,10,12,14,17-18,20,22H,4-5,7-9,13H2,1H3,(H,32,37)/t17-,18-,20+,22-/m1/s1. The molecule has 192 valence electrons. The van der Waals surface area contributed by atoms with Crippen LogP contribution in [0.1, 0.15) is 70.8 Å². The highest BCUT2D eigenvalue weighted by molar-refractivity contribution is 6.30. The van der Waals surface area contributed by atoms with Gasteiger partial charge in [-0.1, -0.05) is 16.8 Å². The number of anilines is 1. The number of nitrogens with zero attached hydrogens (tertiary/aromatic N) is 6. The van der Waals surface area contributed by atoms with Crippen molar-refractivity contribution < 1.29 is 9.59 Å². The first-order valence-electron chi connectivity index (χ1n) is 13.1. The summed E-state index contributed by atoms with van der Waals surface area (Å²) in [5, 5.41) is 21.6.